The minimum absolute atomic E-state index is 0. The van der Waals surface area contributed by atoms with Gasteiger partial charge in [-0.3, -0.25) is 0 Å². The van der Waals surface area contributed by atoms with Crippen LogP contribution in [0.15, 0.2) is 47.5 Å². The molecule has 7 heteroatoms. The van der Waals surface area contributed by atoms with Gasteiger partial charge < -0.3 is 20.5 Å². The van der Waals surface area contributed by atoms with E-state index in [1.807, 2.05) is 25.1 Å². The van der Waals surface area contributed by atoms with E-state index in [0.29, 0.717) is 24.8 Å². The predicted molar refractivity (Wildman–Crippen MR) is 120 cm³/mol. The number of guanidine groups is 1. The van der Waals surface area contributed by atoms with Gasteiger partial charge in [0.1, 0.15) is 5.82 Å². The van der Waals surface area contributed by atoms with Crippen molar-refractivity contribution in [1.29, 1.82) is 0 Å². The molecule has 3 rings (SSSR count). The van der Waals surface area contributed by atoms with Crippen LogP contribution >= 0.6 is 24.0 Å². The molecule has 28 heavy (non-hydrogen) atoms. The lowest BCUT2D eigenvalue weighted by atomic mass is 9.95. The summed E-state index contributed by atoms with van der Waals surface area (Å²) in [5.41, 5.74) is 1.49. The molecule has 5 nitrogen and oxygen atoms in total. The lowest BCUT2D eigenvalue weighted by Gasteiger charge is -2.19. The number of phenolic OH excluding ortho intramolecular Hbond substituents is 1. The molecule has 2 aromatic rings. The zero-order valence-electron chi connectivity index (χ0n) is 16.2. The van der Waals surface area contributed by atoms with Gasteiger partial charge in [0.2, 0.25) is 0 Å². The van der Waals surface area contributed by atoms with Crippen LogP contribution in [-0.4, -0.2) is 31.3 Å². The normalized spacial score (nSPS) is 14.8. The maximum atomic E-state index is 14.2. The number of hydrogen-bond acceptors (Lipinski definition) is 3. The van der Waals surface area contributed by atoms with E-state index in [-0.39, 0.29) is 41.0 Å². The van der Waals surface area contributed by atoms with E-state index in [1.54, 1.807) is 18.2 Å². The molecule has 0 amide bonds. The van der Waals surface area contributed by atoms with Crippen molar-refractivity contribution < 1.29 is 14.2 Å². The molecule has 2 aromatic carbocycles. The summed E-state index contributed by atoms with van der Waals surface area (Å²) >= 11 is 0. The first-order chi connectivity index (χ1) is 13.1. The van der Waals surface area contributed by atoms with Crippen molar-refractivity contribution in [3.05, 3.63) is 59.4 Å². The van der Waals surface area contributed by atoms with Crippen LogP contribution in [0.3, 0.4) is 0 Å². The molecule has 0 aromatic heterocycles. The Morgan fingerprint density at radius 1 is 1.21 bits per heavy atom. The molecule has 0 unspecified atom stereocenters. The van der Waals surface area contributed by atoms with E-state index in [1.165, 1.54) is 13.2 Å². The summed E-state index contributed by atoms with van der Waals surface area (Å²) in [5.74, 6) is 1.07. The van der Waals surface area contributed by atoms with Crippen molar-refractivity contribution in [1.82, 2.24) is 10.6 Å². The third-order valence-electron chi connectivity index (χ3n) is 4.90. The Hall–Kier alpha value is -2.03. The Morgan fingerprint density at radius 2 is 1.96 bits per heavy atom. The summed E-state index contributed by atoms with van der Waals surface area (Å²) in [7, 11) is 1.52. The highest BCUT2D eigenvalue weighted by atomic mass is 127. The van der Waals surface area contributed by atoms with Crippen LogP contribution in [-0.2, 0) is 12.0 Å². The second-order valence-electron chi connectivity index (χ2n) is 6.82. The number of halogens is 2. The third-order valence-corrected chi connectivity index (χ3v) is 4.90. The van der Waals surface area contributed by atoms with Gasteiger partial charge in [0.15, 0.2) is 17.5 Å². The number of nitrogens with one attached hydrogen (secondary N) is 2. The topological polar surface area (TPSA) is 65.9 Å². The Morgan fingerprint density at radius 3 is 2.57 bits per heavy atom. The number of aromatic hydroxyl groups is 1. The van der Waals surface area contributed by atoms with Gasteiger partial charge in [-0.05, 0) is 49.1 Å². The highest BCUT2D eigenvalue weighted by Gasteiger charge is 2.45. The third kappa shape index (κ3) is 5.27. The summed E-state index contributed by atoms with van der Waals surface area (Å²) in [6, 6.07) is 12.2. The molecule has 0 heterocycles. The van der Waals surface area contributed by atoms with Crippen molar-refractivity contribution in [2.24, 2.45) is 4.99 Å². The summed E-state index contributed by atoms with van der Waals surface area (Å²) in [4.78, 5) is 4.58. The van der Waals surface area contributed by atoms with Gasteiger partial charge >= 0.3 is 0 Å². The molecular weight excluding hydrogens is 472 g/mol. The van der Waals surface area contributed by atoms with Crippen molar-refractivity contribution in [2.45, 2.75) is 31.7 Å². The zero-order chi connectivity index (χ0) is 19.3. The van der Waals surface area contributed by atoms with Crippen LogP contribution in [0, 0.1) is 5.82 Å². The number of ether oxygens (including phenoxy) is 1. The van der Waals surface area contributed by atoms with Crippen LogP contribution in [0.1, 0.15) is 30.9 Å². The second kappa shape index (κ2) is 9.95. The van der Waals surface area contributed by atoms with Gasteiger partial charge in [0.25, 0.3) is 0 Å². The molecule has 0 spiro atoms. The summed E-state index contributed by atoms with van der Waals surface area (Å²) in [6.45, 7) is 3.78. The standard InChI is InChI=1S/C21H26FN3O2.HI/c1-3-23-20(24-13-15-8-9-19(27-2)18(26)12-15)25-14-21(10-11-21)16-6-4-5-7-17(16)22;/h4-9,12,26H,3,10-11,13-14H2,1-2H3,(H2,23,24,25);1H. The molecule has 1 fully saturated rings. The predicted octanol–water partition coefficient (Wildman–Crippen LogP) is 3.94. The van der Waals surface area contributed by atoms with E-state index in [9.17, 15) is 9.50 Å². The van der Waals surface area contributed by atoms with E-state index < -0.39 is 0 Å². The lowest BCUT2D eigenvalue weighted by Crippen LogP contribution is -2.41. The first-order valence-electron chi connectivity index (χ1n) is 9.21. The molecule has 0 saturated heterocycles. The smallest absolute Gasteiger partial charge is 0.191 e. The molecule has 0 bridgehead atoms. The fraction of sp³-hybridized carbons (Fsp3) is 0.381. The van der Waals surface area contributed by atoms with Crippen LogP contribution in [0.5, 0.6) is 11.5 Å². The van der Waals surface area contributed by atoms with Gasteiger partial charge in [-0.2, -0.15) is 0 Å². The highest BCUT2D eigenvalue weighted by Crippen LogP contribution is 2.48. The maximum Gasteiger partial charge on any atom is 0.191 e. The van der Waals surface area contributed by atoms with Gasteiger partial charge in [-0.25, -0.2) is 9.38 Å². The van der Waals surface area contributed by atoms with E-state index in [2.05, 4.69) is 15.6 Å². The Kier molecular flexibility index (Phi) is 7.91. The number of methoxy groups -OCH3 is 1. The molecule has 0 atom stereocenters. The van der Waals surface area contributed by atoms with E-state index in [4.69, 9.17) is 4.74 Å². The number of nitrogens with zero attached hydrogens (tertiary/aromatic N) is 1. The molecule has 0 aliphatic heterocycles. The number of phenols is 1. The second-order valence-corrected chi connectivity index (χ2v) is 6.82. The van der Waals surface area contributed by atoms with Crippen LogP contribution in [0.2, 0.25) is 0 Å². The summed E-state index contributed by atoms with van der Waals surface area (Å²) in [6.07, 6.45) is 1.93. The van der Waals surface area contributed by atoms with Crippen molar-refractivity contribution >= 4 is 29.9 Å². The van der Waals surface area contributed by atoms with Crippen molar-refractivity contribution in [3.8, 4) is 11.5 Å². The van der Waals surface area contributed by atoms with Gasteiger partial charge in [0, 0.05) is 18.5 Å². The molecule has 1 aliphatic rings. The monoisotopic (exact) mass is 499 g/mol. The Balaban J connectivity index is 0.00000280. The molecule has 1 saturated carbocycles. The molecular formula is C21H27FIN3O2. The fourth-order valence-corrected chi connectivity index (χ4v) is 3.18. The van der Waals surface area contributed by atoms with E-state index in [0.717, 1.165) is 30.5 Å². The van der Waals surface area contributed by atoms with Crippen LogP contribution in [0.25, 0.3) is 0 Å². The first-order valence-corrected chi connectivity index (χ1v) is 9.21. The molecule has 3 N–H and O–H groups in total. The van der Waals surface area contributed by atoms with Crippen molar-refractivity contribution in [2.75, 3.05) is 20.2 Å². The average molecular weight is 499 g/mol. The quantitative estimate of drug-likeness (QED) is 0.307. The SMILES string of the molecule is CCNC(=NCc1ccc(OC)c(O)c1)NCC1(c2ccccc2F)CC1.I. The average Bonchev–Trinajstić information content (AvgIpc) is 3.45. The minimum Gasteiger partial charge on any atom is -0.504 e. The maximum absolute atomic E-state index is 14.2. The van der Waals surface area contributed by atoms with Crippen molar-refractivity contribution in [3.63, 3.8) is 0 Å². The van der Waals surface area contributed by atoms with Crippen LogP contribution < -0.4 is 15.4 Å². The van der Waals surface area contributed by atoms with Crippen LogP contribution in [0.4, 0.5) is 4.39 Å². The minimum atomic E-state index is -0.153. The number of rotatable bonds is 7. The molecule has 0 radical (unpaired) electrons. The summed E-state index contributed by atoms with van der Waals surface area (Å²) < 4.78 is 19.2. The number of aliphatic imine (C=N–C) groups is 1. The zero-order valence-corrected chi connectivity index (χ0v) is 18.5. The largest absolute Gasteiger partial charge is 0.504 e. The molecule has 152 valence electrons. The number of hydrogen-bond donors (Lipinski definition) is 3. The van der Waals surface area contributed by atoms with Gasteiger partial charge in [0.05, 0.1) is 13.7 Å². The Labute approximate surface area is 182 Å². The summed E-state index contributed by atoms with van der Waals surface area (Å²) in [5, 5.41) is 16.4. The molecule has 1 aliphatic carbocycles. The van der Waals surface area contributed by atoms with Gasteiger partial charge in [-0.1, -0.05) is 24.3 Å². The van der Waals surface area contributed by atoms with Gasteiger partial charge in [-0.15, -0.1) is 24.0 Å². The first kappa shape index (κ1) is 22.3. The Bertz CT molecular complexity index is 825. The fourth-order valence-electron chi connectivity index (χ4n) is 3.18. The highest BCUT2D eigenvalue weighted by molar-refractivity contribution is 14.0. The lowest BCUT2D eigenvalue weighted by molar-refractivity contribution is 0.373. The number of benzene rings is 2. The van der Waals surface area contributed by atoms with E-state index >= 15 is 0 Å².